The van der Waals surface area contributed by atoms with Crippen molar-refractivity contribution in [3.63, 3.8) is 0 Å². The molecule has 0 spiro atoms. The molecule has 3 aromatic rings. The largest absolute Gasteiger partial charge is 0.484 e. The first-order chi connectivity index (χ1) is 21.4. The highest BCUT2D eigenvalue weighted by Gasteiger charge is 2.34. The quantitative estimate of drug-likeness (QED) is 0.0775. The zero-order chi connectivity index (χ0) is 33.0. The number of hydrogen-bond donors (Lipinski definition) is 2. The summed E-state index contributed by atoms with van der Waals surface area (Å²) in [6, 6.07) is 16.3. The molecular weight excluding hydrogens is 622 g/mol. The van der Waals surface area contributed by atoms with Gasteiger partial charge in [0.1, 0.15) is 24.5 Å². The Morgan fingerprint density at radius 3 is 2.44 bits per heavy atom. The van der Waals surface area contributed by atoms with Crippen molar-refractivity contribution in [2.75, 3.05) is 18.6 Å². The number of carbonyl (C=O) groups excluding carboxylic acids is 3. The number of benzene rings is 2. The Kier molecular flexibility index (Phi) is 13.3. The Bertz CT molecular complexity index is 1430. The lowest BCUT2D eigenvalue weighted by atomic mass is 9.93. The van der Waals surface area contributed by atoms with Gasteiger partial charge < -0.3 is 29.7 Å². The van der Waals surface area contributed by atoms with Crippen molar-refractivity contribution in [2.45, 2.75) is 65.0 Å². The van der Waals surface area contributed by atoms with Crippen LogP contribution in [0.5, 0.6) is 5.75 Å². The van der Waals surface area contributed by atoms with Crippen LogP contribution in [0.4, 0.5) is 4.79 Å². The highest BCUT2D eigenvalue weighted by molar-refractivity contribution is 7.98. The van der Waals surface area contributed by atoms with Crippen LogP contribution in [-0.4, -0.2) is 60.0 Å². The van der Waals surface area contributed by atoms with E-state index in [1.807, 2.05) is 73.2 Å². The minimum absolute atomic E-state index is 0.231. The van der Waals surface area contributed by atoms with E-state index in [4.69, 9.17) is 14.2 Å². The molecule has 0 bridgehead atoms. The van der Waals surface area contributed by atoms with Gasteiger partial charge >= 0.3 is 12.1 Å². The minimum atomic E-state index is -1.29. The van der Waals surface area contributed by atoms with Gasteiger partial charge in [-0.25, -0.2) is 9.59 Å². The van der Waals surface area contributed by atoms with E-state index in [1.165, 1.54) is 32.5 Å². The number of ether oxygens (including phenoxy) is 3. The highest BCUT2D eigenvalue weighted by Crippen LogP contribution is 2.33. The van der Waals surface area contributed by atoms with E-state index in [0.29, 0.717) is 12.2 Å². The predicted molar refractivity (Wildman–Crippen MR) is 173 cm³/mol. The van der Waals surface area contributed by atoms with E-state index in [-0.39, 0.29) is 18.6 Å². The third-order valence-corrected chi connectivity index (χ3v) is 8.32. The molecule has 2 aromatic carbocycles. The number of hydrogen-bond acceptors (Lipinski definition) is 11. The molecule has 2 amide bonds. The van der Waals surface area contributed by atoms with Crippen LogP contribution in [0.25, 0.3) is 10.8 Å². The van der Waals surface area contributed by atoms with Crippen LogP contribution in [0.15, 0.2) is 60.0 Å². The molecule has 0 fully saturated rings. The Morgan fingerprint density at radius 1 is 1.02 bits per heavy atom. The van der Waals surface area contributed by atoms with Crippen molar-refractivity contribution in [3.8, 4) is 5.75 Å². The van der Waals surface area contributed by atoms with Crippen molar-refractivity contribution < 1.29 is 38.5 Å². The fraction of sp³-hybridized carbons (Fsp3) is 0.452. The summed E-state index contributed by atoms with van der Waals surface area (Å²) in [4.78, 5) is 54.3. The molecule has 3 unspecified atom stereocenters. The molecular formula is C31H39N3O9S2. The van der Waals surface area contributed by atoms with E-state index in [9.17, 15) is 24.5 Å². The first kappa shape index (κ1) is 35.4. The van der Waals surface area contributed by atoms with Crippen LogP contribution in [0.2, 0.25) is 0 Å². The van der Waals surface area contributed by atoms with E-state index in [2.05, 4.69) is 15.5 Å². The monoisotopic (exact) mass is 661 g/mol. The molecule has 45 heavy (non-hydrogen) atoms. The zero-order valence-electron chi connectivity index (χ0n) is 25.8. The lowest BCUT2D eigenvalue weighted by molar-refractivity contribution is -0.760. The van der Waals surface area contributed by atoms with E-state index in [1.54, 1.807) is 11.3 Å². The van der Waals surface area contributed by atoms with Crippen LogP contribution in [0.1, 0.15) is 51.5 Å². The minimum Gasteiger partial charge on any atom is -0.484 e. The summed E-state index contributed by atoms with van der Waals surface area (Å²) in [5.74, 6) is -0.180. The molecule has 1 aromatic heterocycles. The third kappa shape index (κ3) is 11.1. The molecule has 14 heteroatoms. The van der Waals surface area contributed by atoms with Gasteiger partial charge in [0.25, 0.3) is 5.09 Å². The molecule has 1 heterocycles. The lowest BCUT2D eigenvalue weighted by Gasteiger charge is -2.26. The van der Waals surface area contributed by atoms with Gasteiger partial charge in [0.2, 0.25) is 12.2 Å². The van der Waals surface area contributed by atoms with Crippen molar-refractivity contribution in [3.05, 3.63) is 75.0 Å². The van der Waals surface area contributed by atoms with Crippen LogP contribution in [0, 0.1) is 15.5 Å². The van der Waals surface area contributed by atoms with Crippen LogP contribution in [-0.2, 0) is 23.9 Å². The number of thioether (sulfide) groups is 1. The van der Waals surface area contributed by atoms with Gasteiger partial charge in [-0.3, -0.25) is 4.79 Å². The molecule has 0 saturated heterocycles. The van der Waals surface area contributed by atoms with Gasteiger partial charge in [0.05, 0.1) is 5.41 Å². The maximum Gasteiger partial charge on any atom is 0.410 e. The number of amides is 2. The molecule has 0 aliphatic rings. The summed E-state index contributed by atoms with van der Waals surface area (Å²) in [5, 5.41) is 18.9. The van der Waals surface area contributed by atoms with E-state index in [0.717, 1.165) is 21.4 Å². The summed E-state index contributed by atoms with van der Waals surface area (Å²) < 4.78 is 17.1. The maximum absolute atomic E-state index is 12.9. The smallest absolute Gasteiger partial charge is 0.410 e. The summed E-state index contributed by atoms with van der Waals surface area (Å²) in [7, 11) is 0. The third-order valence-electron chi connectivity index (χ3n) is 6.71. The second kappa shape index (κ2) is 16.9. The highest BCUT2D eigenvalue weighted by atomic mass is 32.2. The van der Waals surface area contributed by atoms with Crippen molar-refractivity contribution >= 4 is 51.8 Å². The van der Waals surface area contributed by atoms with Crippen LogP contribution < -0.4 is 15.4 Å². The number of rotatable bonds is 17. The fourth-order valence-electron chi connectivity index (χ4n) is 4.30. The van der Waals surface area contributed by atoms with Gasteiger partial charge in [0.15, 0.2) is 0 Å². The van der Waals surface area contributed by atoms with E-state index < -0.39 is 47.4 Å². The number of nitrogens with zero attached hydrogens (tertiary/aromatic N) is 1. The predicted octanol–water partition coefficient (Wildman–Crippen LogP) is 5.89. The SMILES string of the molecule is CSCCC(NC(=O)C(C)(C)CO[N+](=O)[O-])C(=O)OC(C)OC(=O)NC(C)C[C@H](Oc1cccc2ccccc12)c1cccs1. The molecule has 0 radical (unpaired) electrons. The number of nitrogens with one attached hydrogen (secondary N) is 2. The average Bonchev–Trinajstić information content (AvgIpc) is 3.53. The first-order valence-electron chi connectivity index (χ1n) is 14.3. The summed E-state index contributed by atoms with van der Waals surface area (Å²) in [5.41, 5.74) is -1.29. The number of alkyl carbamates (subject to hydrolysis) is 1. The average molecular weight is 662 g/mol. The maximum atomic E-state index is 12.9. The normalized spacial score (nSPS) is 14.0. The van der Waals surface area contributed by atoms with Gasteiger partial charge in [-0.05, 0) is 62.1 Å². The summed E-state index contributed by atoms with van der Waals surface area (Å²) >= 11 is 3.02. The standard InChI is InChI=1S/C31H39N3O9S2/c1-20(18-26(27-14-9-16-45-27)43-25-13-8-11-22-10-6-7-12-23(22)25)32-30(37)42-21(2)41-28(35)24(15-17-44-5)33-29(36)31(3,4)19-40-34(38)39/h6-14,16,20-21,24,26H,15,17-19H2,1-5H3,(H,32,37)(H,33,36)/t20?,21?,24?,26-/m0/s1. The molecule has 0 aliphatic carbocycles. The Labute approximate surface area is 270 Å². The molecule has 3 rings (SSSR count). The van der Waals surface area contributed by atoms with Crippen molar-refractivity contribution in [1.29, 1.82) is 0 Å². The van der Waals surface area contributed by atoms with Gasteiger partial charge in [-0.1, -0.05) is 42.5 Å². The molecule has 2 N–H and O–H groups in total. The number of carbonyl (C=O) groups is 3. The van der Waals surface area contributed by atoms with E-state index >= 15 is 0 Å². The van der Waals surface area contributed by atoms with Gasteiger partial charge in [-0.2, -0.15) is 11.8 Å². The number of esters is 1. The molecule has 244 valence electrons. The van der Waals surface area contributed by atoms with Crippen molar-refractivity contribution in [2.24, 2.45) is 5.41 Å². The first-order valence-corrected chi connectivity index (χ1v) is 16.6. The van der Waals surface area contributed by atoms with Crippen LogP contribution in [0.3, 0.4) is 0 Å². The Morgan fingerprint density at radius 2 is 1.76 bits per heavy atom. The summed E-state index contributed by atoms with van der Waals surface area (Å²) in [6.45, 7) is 5.63. The van der Waals surface area contributed by atoms with Gasteiger partial charge in [0, 0.05) is 29.6 Å². The van der Waals surface area contributed by atoms with Crippen molar-refractivity contribution in [1.82, 2.24) is 10.6 Å². The molecule has 12 nitrogen and oxygen atoms in total. The Hall–Kier alpha value is -4.04. The number of fused-ring (bicyclic) bond motifs is 1. The lowest BCUT2D eigenvalue weighted by Crippen LogP contribution is -2.49. The Balaban J connectivity index is 1.57. The molecule has 4 atom stereocenters. The second-order valence-electron chi connectivity index (χ2n) is 11.0. The number of thiophene rings is 1. The molecule has 0 aliphatic heterocycles. The zero-order valence-corrected chi connectivity index (χ0v) is 27.5. The second-order valence-corrected chi connectivity index (χ2v) is 12.9. The van der Waals surface area contributed by atoms with Crippen LogP contribution >= 0.6 is 23.1 Å². The van der Waals surface area contributed by atoms with Gasteiger partial charge in [-0.15, -0.1) is 21.5 Å². The summed E-state index contributed by atoms with van der Waals surface area (Å²) in [6.07, 6.45) is 0.111. The molecule has 0 saturated carbocycles. The topological polar surface area (TPSA) is 155 Å². The fourth-order valence-corrected chi connectivity index (χ4v) is 5.54.